The fraction of sp³-hybridized carbons (Fsp3) is 1.00. The van der Waals surface area contributed by atoms with E-state index in [2.05, 4.69) is 19.2 Å². The maximum atomic E-state index is 5.36. The van der Waals surface area contributed by atoms with Crippen molar-refractivity contribution in [3.05, 3.63) is 0 Å². The summed E-state index contributed by atoms with van der Waals surface area (Å²) in [4.78, 5) is 0. The van der Waals surface area contributed by atoms with Crippen LogP contribution < -0.4 is 5.32 Å². The summed E-state index contributed by atoms with van der Waals surface area (Å²) in [5, 5.41) is 3.71. The highest BCUT2D eigenvalue weighted by Gasteiger charge is 2.21. The van der Waals surface area contributed by atoms with Crippen LogP contribution in [0, 0.1) is 0 Å². The zero-order valence-electron chi connectivity index (χ0n) is 9.88. The van der Waals surface area contributed by atoms with Gasteiger partial charge >= 0.3 is 0 Å². The summed E-state index contributed by atoms with van der Waals surface area (Å²) in [7, 11) is 1.83. The van der Waals surface area contributed by atoms with Gasteiger partial charge in [0, 0.05) is 19.2 Å². The van der Waals surface area contributed by atoms with E-state index in [0.717, 1.165) is 6.04 Å². The van der Waals surface area contributed by atoms with Crippen molar-refractivity contribution in [2.75, 3.05) is 7.11 Å². The number of hydrogen-bond donors (Lipinski definition) is 1. The number of rotatable bonds is 5. The molecule has 0 amide bonds. The van der Waals surface area contributed by atoms with Crippen molar-refractivity contribution < 1.29 is 4.74 Å². The second-order valence-electron chi connectivity index (χ2n) is 4.57. The molecule has 84 valence electrons. The summed E-state index contributed by atoms with van der Waals surface area (Å²) in [5.74, 6) is 0. The third-order valence-electron chi connectivity index (χ3n) is 3.25. The first-order chi connectivity index (χ1) is 6.76. The average Bonchev–Trinajstić information content (AvgIpc) is 2.19. The fourth-order valence-electron chi connectivity index (χ4n) is 2.38. The molecule has 0 bridgehead atoms. The van der Waals surface area contributed by atoms with Crippen LogP contribution in [0.3, 0.4) is 0 Å². The normalized spacial score (nSPS) is 30.2. The van der Waals surface area contributed by atoms with Gasteiger partial charge in [0.1, 0.15) is 0 Å². The van der Waals surface area contributed by atoms with Gasteiger partial charge in [0.15, 0.2) is 0 Å². The summed E-state index contributed by atoms with van der Waals surface area (Å²) in [6, 6.07) is 1.42. The Labute approximate surface area is 88.4 Å². The van der Waals surface area contributed by atoms with Gasteiger partial charge in [-0.1, -0.05) is 13.3 Å². The molecule has 1 aliphatic rings. The topological polar surface area (TPSA) is 21.3 Å². The van der Waals surface area contributed by atoms with Gasteiger partial charge in [-0.2, -0.15) is 0 Å². The molecule has 0 aromatic carbocycles. The Morgan fingerprint density at radius 1 is 1.29 bits per heavy atom. The zero-order chi connectivity index (χ0) is 10.4. The largest absolute Gasteiger partial charge is 0.381 e. The van der Waals surface area contributed by atoms with Gasteiger partial charge in [-0.25, -0.2) is 0 Å². The Morgan fingerprint density at radius 3 is 2.43 bits per heavy atom. The van der Waals surface area contributed by atoms with Crippen molar-refractivity contribution in [3.63, 3.8) is 0 Å². The molecule has 2 nitrogen and oxygen atoms in total. The van der Waals surface area contributed by atoms with Gasteiger partial charge in [0.2, 0.25) is 0 Å². The highest BCUT2D eigenvalue weighted by molar-refractivity contribution is 4.79. The lowest BCUT2D eigenvalue weighted by atomic mass is 9.92. The van der Waals surface area contributed by atoms with E-state index >= 15 is 0 Å². The van der Waals surface area contributed by atoms with Crippen LogP contribution in [0.2, 0.25) is 0 Å². The van der Waals surface area contributed by atoms with Crippen LogP contribution in [-0.2, 0) is 4.74 Å². The third-order valence-corrected chi connectivity index (χ3v) is 3.25. The molecule has 0 aromatic heterocycles. The predicted octanol–water partition coefficient (Wildman–Crippen LogP) is 2.72. The summed E-state index contributed by atoms with van der Waals surface area (Å²) >= 11 is 0. The van der Waals surface area contributed by atoms with E-state index < -0.39 is 0 Å². The smallest absolute Gasteiger partial charge is 0.0572 e. The van der Waals surface area contributed by atoms with Gasteiger partial charge < -0.3 is 10.1 Å². The molecule has 2 heteroatoms. The molecule has 0 spiro atoms. The molecular formula is C12H25NO. The minimum Gasteiger partial charge on any atom is -0.381 e. The van der Waals surface area contributed by atoms with Crippen LogP contribution in [0.25, 0.3) is 0 Å². The van der Waals surface area contributed by atoms with Gasteiger partial charge in [-0.15, -0.1) is 0 Å². The highest BCUT2D eigenvalue weighted by Crippen LogP contribution is 2.21. The minimum absolute atomic E-state index is 0.523. The summed E-state index contributed by atoms with van der Waals surface area (Å²) in [6.45, 7) is 4.55. The van der Waals surface area contributed by atoms with E-state index in [9.17, 15) is 0 Å². The predicted molar refractivity (Wildman–Crippen MR) is 60.6 cm³/mol. The minimum atomic E-state index is 0.523. The monoisotopic (exact) mass is 199 g/mol. The van der Waals surface area contributed by atoms with Crippen LogP contribution in [-0.4, -0.2) is 25.3 Å². The second kappa shape index (κ2) is 6.41. The molecule has 0 aliphatic heterocycles. The van der Waals surface area contributed by atoms with E-state index in [1.807, 2.05) is 7.11 Å². The standard InChI is InChI=1S/C12H25NO/c1-4-5-10(2)13-11-6-8-12(14-3)9-7-11/h10-13H,4-9H2,1-3H3. The van der Waals surface area contributed by atoms with Crippen molar-refractivity contribution in [3.8, 4) is 0 Å². The van der Waals surface area contributed by atoms with Crippen molar-refractivity contribution in [2.24, 2.45) is 0 Å². The molecule has 1 atom stereocenters. The fourth-order valence-corrected chi connectivity index (χ4v) is 2.38. The van der Waals surface area contributed by atoms with Gasteiger partial charge in [-0.3, -0.25) is 0 Å². The van der Waals surface area contributed by atoms with Gasteiger partial charge in [0.05, 0.1) is 6.10 Å². The first-order valence-corrected chi connectivity index (χ1v) is 6.05. The maximum Gasteiger partial charge on any atom is 0.0572 e. The van der Waals surface area contributed by atoms with Crippen LogP contribution in [0.5, 0.6) is 0 Å². The molecule has 1 N–H and O–H groups in total. The molecule has 1 fully saturated rings. The quantitative estimate of drug-likeness (QED) is 0.735. The molecule has 1 unspecified atom stereocenters. The van der Waals surface area contributed by atoms with E-state index in [0.29, 0.717) is 12.1 Å². The van der Waals surface area contributed by atoms with E-state index in [4.69, 9.17) is 4.74 Å². The summed E-state index contributed by atoms with van der Waals surface area (Å²) < 4.78 is 5.36. The average molecular weight is 199 g/mol. The first-order valence-electron chi connectivity index (χ1n) is 6.05. The second-order valence-corrected chi connectivity index (χ2v) is 4.57. The summed E-state index contributed by atoms with van der Waals surface area (Å²) in [5.41, 5.74) is 0. The van der Waals surface area contributed by atoms with Crippen LogP contribution in [0.15, 0.2) is 0 Å². The Morgan fingerprint density at radius 2 is 1.93 bits per heavy atom. The van der Waals surface area contributed by atoms with Crippen molar-refractivity contribution in [1.82, 2.24) is 5.32 Å². The maximum absolute atomic E-state index is 5.36. The van der Waals surface area contributed by atoms with Gasteiger partial charge in [-0.05, 0) is 39.0 Å². The van der Waals surface area contributed by atoms with Gasteiger partial charge in [0.25, 0.3) is 0 Å². The SMILES string of the molecule is CCCC(C)NC1CCC(OC)CC1. The zero-order valence-corrected chi connectivity index (χ0v) is 9.88. The molecule has 0 radical (unpaired) electrons. The number of ether oxygens (including phenoxy) is 1. The molecule has 1 saturated carbocycles. The van der Waals surface area contributed by atoms with E-state index in [-0.39, 0.29) is 0 Å². The molecule has 1 aliphatic carbocycles. The third kappa shape index (κ3) is 3.97. The number of methoxy groups -OCH3 is 1. The van der Waals surface area contributed by atoms with Crippen molar-refractivity contribution >= 4 is 0 Å². The molecule has 0 saturated heterocycles. The lowest BCUT2D eigenvalue weighted by molar-refractivity contribution is 0.0612. The lowest BCUT2D eigenvalue weighted by Crippen LogP contribution is -2.40. The lowest BCUT2D eigenvalue weighted by Gasteiger charge is -2.30. The van der Waals surface area contributed by atoms with E-state index in [1.54, 1.807) is 0 Å². The number of nitrogens with one attached hydrogen (secondary N) is 1. The van der Waals surface area contributed by atoms with E-state index in [1.165, 1.54) is 38.5 Å². The molecule has 14 heavy (non-hydrogen) atoms. The summed E-state index contributed by atoms with van der Waals surface area (Å²) in [6.07, 6.45) is 8.12. The van der Waals surface area contributed by atoms with Crippen LogP contribution in [0.1, 0.15) is 52.4 Å². The number of hydrogen-bond acceptors (Lipinski definition) is 2. The molecular weight excluding hydrogens is 174 g/mol. The Balaban J connectivity index is 2.15. The Bertz CT molecular complexity index is 141. The van der Waals surface area contributed by atoms with Crippen molar-refractivity contribution in [1.29, 1.82) is 0 Å². The first kappa shape index (κ1) is 12.0. The van der Waals surface area contributed by atoms with Crippen LogP contribution >= 0.6 is 0 Å². The van der Waals surface area contributed by atoms with Crippen LogP contribution in [0.4, 0.5) is 0 Å². The molecule has 0 aromatic rings. The molecule has 1 rings (SSSR count). The molecule has 0 heterocycles. The Kier molecular flexibility index (Phi) is 5.49. The van der Waals surface area contributed by atoms with Crippen molar-refractivity contribution in [2.45, 2.75) is 70.6 Å². The Hall–Kier alpha value is -0.0800. The highest BCUT2D eigenvalue weighted by atomic mass is 16.5.